The Morgan fingerprint density at radius 1 is 1.59 bits per heavy atom. The average Bonchev–Trinajstić information content (AvgIpc) is 2.69. The van der Waals surface area contributed by atoms with Crippen molar-refractivity contribution in [2.24, 2.45) is 13.0 Å². The van der Waals surface area contributed by atoms with Crippen molar-refractivity contribution in [3.63, 3.8) is 0 Å². The summed E-state index contributed by atoms with van der Waals surface area (Å²) in [6.45, 7) is 6.17. The number of hydrogen-bond donors (Lipinski definition) is 1. The smallest absolute Gasteiger partial charge is 0.230 e. The van der Waals surface area contributed by atoms with Crippen LogP contribution in [0.15, 0.2) is 6.33 Å². The van der Waals surface area contributed by atoms with Crippen molar-refractivity contribution in [2.45, 2.75) is 26.8 Å². The molecule has 0 unspecified atom stereocenters. The minimum atomic E-state index is -0.0764. The first-order valence-electron chi connectivity index (χ1n) is 5.77. The van der Waals surface area contributed by atoms with Gasteiger partial charge < -0.3 is 5.32 Å². The molecule has 0 aliphatic heterocycles. The van der Waals surface area contributed by atoms with Gasteiger partial charge in [-0.1, -0.05) is 20.8 Å². The number of aryl methyl sites for hydroxylation is 1. The summed E-state index contributed by atoms with van der Waals surface area (Å²) in [5.74, 6) is 2.59. The van der Waals surface area contributed by atoms with Gasteiger partial charge in [0.05, 0.1) is 11.8 Å². The highest BCUT2D eigenvalue weighted by atomic mass is 32.2. The van der Waals surface area contributed by atoms with Gasteiger partial charge in [0.15, 0.2) is 0 Å². The van der Waals surface area contributed by atoms with E-state index in [0.29, 0.717) is 5.75 Å². The summed E-state index contributed by atoms with van der Waals surface area (Å²) in [6, 6.07) is -0.0764. The number of carbonyl (C=O) groups is 1. The quantitative estimate of drug-likeness (QED) is 0.835. The van der Waals surface area contributed by atoms with Crippen LogP contribution in [0, 0.1) is 5.92 Å². The van der Waals surface area contributed by atoms with Crippen LogP contribution in [0.25, 0.3) is 0 Å². The molecular formula is C11H20N4OS. The molecule has 5 nitrogen and oxygen atoms in total. The maximum Gasteiger partial charge on any atom is 0.230 e. The zero-order chi connectivity index (χ0) is 12.8. The Bertz CT molecular complexity index is 364. The summed E-state index contributed by atoms with van der Waals surface area (Å²) in [4.78, 5) is 15.9. The largest absolute Gasteiger partial charge is 0.345 e. The monoisotopic (exact) mass is 256 g/mol. The molecule has 0 aliphatic carbocycles. The fraction of sp³-hybridized carbons (Fsp3) is 0.727. The van der Waals surface area contributed by atoms with Crippen molar-refractivity contribution in [1.82, 2.24) is 20.1 Å². The van der Waals surface area contributed by atoms with Gasteiger partial charge in [0, 0.05) is 7.05 Å². The van der Waals surface area contributed by atoms with Crippen LogP contribution in [0.3, 0.4) is 0 Å². The van der Waals surface area contributed by atoms with Crippen LogP contribution in [0.4, 0.5) is 0 Å². The number of rotatable bonds is 6. The van der Waals surface area contributed by atoms with E-state index < -0.39 is 0 Å². The number of nitrogens with zero attached hydrogens (tertiary/aromatic N) is 3. The van der Waals surface area contributed by atoms with E-state index in [1.54, 1.807) is 16.4 Å². The summed E-state index contributed by atoms with van der Waals surface area (Å²) in [6.07, 6.45) is 1.51. The molecule has 0 fully saturated rings. The summed E-state index contributed by atoms with van der Waals surface area (Å²) in [5, 5.41) is 7.05. The minimum absolute atomic E-state index is 0.0542. The molecule has 0 radical (unpaired) electrons. The molecule has 0 aliphatic rings. The van der Waals surface area contributed by atoms with Crippen molar-refractivity contribution >= 4 is 17.7 Å². The van der Waals surface area contributed by atoms with Crippen molar-refractivity contribution in [3.05, 3.63) is 12.2 Å². The zero-order valence-electron chi connectivity index (χ0n) is 10.8. The van der Waals surface area contributed by atoms with Crippen LogP contribution in [0.1, 0.15) is 32.6 Å². The summed E-state index contributed by atoms with van der Waals surface area (Å²) >= 11 is 1.62. The second-order valence-corrected chi connectivity index (χ2v) is 5.44. The first-order valence-corrected chi connectivity index (χ1v) is 6.92. The number of carbonyl (C=O) groups excluding carboxylic acids is 1. The molecule has 1 heterocycles. The lowest BCUT2D eigenvalue weighted by Gasteiger charge is -2.21. The molecule has 0 bridgehead atoms. The van der Waals surface area contributed by atoms with Gasteiger partial charge in [0.2, 0.25) is 5.91 Å². The van der Waals surface area contributed by atoms with Gasteiger partial charge in [-0.15, -0.1) is 0 Å². The third-order valence-corrected chi connectivity index (χ3v) is 3.32. The molecule has 6 heteroatoms. The van der Waals surface area contributed by atoms with Crippen molar-refractivity contribution < 1.29 is 4.79 Å². The van der Waals surface area contributed by atoms with E-state index in [4.69, 9.17) is 0 Å². The van der Waals surface area contributed by atoms with Crippen molar-refractivity contribution in [1.29, 1.82) is 0 Å². The minimum Gasteiger partial charge on any atom is -0.345 e. The van der Waals surface area contributed by atoms with Crippen LogP contribution in [-0.2, 0) is 11.8 Å². The van der Waals surface area contributed by atoms with E-state index in [9.17, 15) is 4.79 Å². The highest BCUT2D eigenvalue weighted by Gasteiger charge is 2.22. The maximum absolute atomic E-state index is 11.7. The van der Waals surface area contributed by atoms with Crippen molar-refractivity contribution in [2.75, 3.05) is 11.5 Å². The van der Waals surface area contributed by atoms with E-state index >= 15 is 0 Å². The van der Waals surface area contributed by atoms with Crippen LogP contribution < -0.4 is 5.32 Å². The highest BCUT2D eigenvalue weighted by molar-refractivity contribution is 7.99. The van der Waals surface area contributed by atoms with E-state index in [0.717, 1.165) is 11.6 Å². The SMILES string of the molecule is CCSCC(=O)N[C@H](c1ncnn1C)C(C)C. The van der Waals surface area contributed by atoms with Crippen LogP contribution in [-0.4, -0.2) is 32.2 Å². The molecule has 96 valence electrons. The summed E-state index contributed by atoms with van der Waals surface area (Å²) in [5.41, 5.74) is 0. The molecule has 1 aromatic rings. The Hall–Kier alpha value is -1.04. The third kappa shape index (κ3) is 4.03. The second-order valence-electron chi connectivity index (χ2n) is 4.17. The van der Waals surface area contributed by atoms with Crippen molar-refractivity contribution in [3.8, 4) is 0 Å². The molecule has 0 aromatic carbocycles. The topological polar surface area (TPSA) is 59.8 Å². The van der Waals surface area contributed by atoms with Gasteiger partial charge >= 0.3 is 0 Å². The Labute approximate surface area is 106 Å². The summed E-state index contributed by atoms with van der Waals surface area (Å²) in [7, 11) is 1.84. The predicted molar refractivity (Wildman–Crippen MR) is 69.7 cm³/mol. The molecule has 17 heavy (non-hydrogen) atoms. The standard InChI is InChI=1S/C11H20N4OS/c1-5-17-6-9(16)14-10(8(2)3)11-12-7-13-15(11)4/h7-8,10H,5-6H2,1-4H3,(H,14,16)/t10-/m0/s1. The molecule has 1 N–H and O–H groups in total. The number of hydrogen-bond acceptors (Lipinski definition) is 4. The van der Waals surface area contributed by atoms with E-state index in [-0.39, 0.29) is 17.9 Å². The van der Waals surface area contributed by atoms with Crippen LogP contribution >= 0.6 is 11.8 Å². The average molecular weight is 256 g/mol. The van der Waals surface area contributed by atoms with Crippen LogP contribution in [0.5, 0.6) is 0 Å². The lowest BCUT2D eigenvalue weighted by atomic mass is 10.0. The molecule has 1 rings (SSSR count). The molecule has 0 saturated heterocycles. The predicted octanol–water partition coefficient (Wildman–Crippen LogP) is 1.38. The number of amides is 1. The first kappa shape index (κ1) is 14.0. The Morgan fingerprint density at radius 2 is 2.29 bits per heavy atom. The van der Waals surface area contributed by atoms with Gasteiger partial charge in [-0.25, -0.2) is 4.98 Å². The molecule has 1 aromatic heterocycles. The van der Waals surface area contributed by atoms with Gasteiger partial charge in [-0.3, -0.25) is 9.48 Å². The molecular weight excluding hydrogens is 236 g/mol. The Kier molecular flexibility index (Phi) is 5.47. The number of aromatic nitrogens is 3. The Morgan fingerprint density at radius 3 is 2.76 bits per heavy atom. The normalized spacial score (nSPS) is 12.8. The lowest BCUT2D eigenvalue weighted by Crippen LogP contribution is -2.34. The second kappa shape index (κ2) is 6.64. The molecule has 0 saturated carbocycles. The first-order chi connectivity index (χ1) is 8.06. The van der Waals surface area contributed by atoms with E-state index in [1.807, 2.05) is 14.0 Å². The van der Waals surface area contributed by atoms with E-state index in [2.05, 4.69) is 29.2 Å². The number of thioether (sulfide) groups is 1. The fourth-order valence-corrected chi connectivity index (χ4v) is 2.00. The molecule has 0 spiro atoms. The molecule has 1 amide bonds. The van der Waals surface area contributed by atoms with Gasteiger partial charge in [-0.05, 0) is 11.7 Å². The zero-order valence-corrected chi connectivity index (χ0v) is 11.6. The molecule has 1 atom stereocenters. The Balaban J connectivity index is 2.68. The summed E-state index contributed by atoms with van der Waals surface area (Å²) < 4.78 is 1.71. The van der Waals surface area contributed by atoms with Gasteiger partial charge in [-0.2, -0.15) is 16.9 Å². The van der Waals surface area contributed by atoms with Gasteiger partial charge in [0.25, 0.3) is 0 Å². The fourth-order valence-electron chi connectivity index (χ4n) is 1.53. The maximum atomic E-state index is 11.7. The third-order valence-electron chi connectivity index (χ3n) is 2.45. The van der Waals surface area contributed by atoms with E-state index in [1.165, 1.54) is 6.33 Å². The lowest BCUT2D eigenvalue weighted by molar-refractivity contribution is -0.119. The van der Waals surface area contributed by atoms with Gasteiger partial charge in [0.1, 0.15) is 12.2 Å². The van der Waals surface area contributed by atoms with Crippen LogP contribution in [0.2, 0.25) is 0 Å². The highest BCUT2D eigenvalue weighted by Crippen LogP contribution is 2.18. The number of nitrogens with one attached hydrogen (secondary N) is 1.